The highest BCUT2D eigenvalue weighted by molar-refractivity contribution is 9.10. The normalized spacial score (nSPS) is 16.8. The van der Waals surface area contributed by atoms with Gasteiger partial charge in [0, 0.05) is 10.7 Å². The van der Waals surface area contributed by atoms with Crippen molar-refractivity contribution in [1.82, 2.24) is 4.98 Å². The molecule has 1 heterocycles. The van der Waals surface area contributed by atoms with E-state index in [1.807, 2.05) is 12.3 Å². The molecule has 0 amide bonds. The minimum Gasteiger partial charge on any atom is -0.384 e. The second kappa shape index (κ2) is 2.48. The summed E-state index contributed by atoms with van der Waals surface area (Å²) in [5, 5.41) is 0. The molecule has 0 radical (unpaired) electrons. The molecule has 1 aliphatic rings. The Labute approximate surface area is 73.9 Å². The number of anilines is 1. The van der Waals surface area contributed by atoms with Gasteiger partial charge in [0.25, 0.3) is 0 Å². The van der Waals surface area contributed by atoms with Crippen molar-refractivity contribution in [3.8, 4) is 0 Å². The van der Waals surface area contributed by atoms with Gasteiger partial charge in [-0.15, -0.1) is 0 Å². The second-order valence-corrected chi connectivity index (χ2v) is 3.76. The van der Waals surface area contributed by atoms with Crippen molar-refractivity contribution >= 4 is 21.7 Å². The van der Waals surface area contributed by atoms with E-state index in [0.717, 1.165) is 10.4 Å². The van der Waals surface area contributed by atoms with E-state index in [1.54, 1.807) is 0 Å². The maximum absolute atomic E-state index is 5.51. The average molecular weight is 213 g/mol. The molecule has 58 valence electrons. The van der Waals surface area contributed by atoms with Gasteiger partial charge in [0.15, 0.2) is 0 Å². The molecular formula is C8H9BrN2. The maximum Gasteiger partial charge on any atom is 0.124 e. The fourth-order valence-corrected chi connectivity index (χ4v) is 1.81. The summed E-state index contributed by atoms with van der Waals surface area (Å²) in [4.78, 5) is 4.05. The lowest BCUT2D eigenvalue weighted by molar-refractivity contribution is 1.08. The molecule has 0 unspecified atom stereocenters. The maximum atomic E-state index is 5.51. The smallest absolute Gasteiger partial charge is 0.124 e. The number of halogens is 1. The Kier molecular flexibility index (Phi) is 1.60. The summed E-state index contributed by atoms with van der Waals surface area (Å²) in [6.45, 7) is 0. The first-order chi connectivity index (χ1) is 5.27. The number of rotatable bonds is 1. The van der Waals surface area contributed by atoms with Crippen LogP contribution in [0, 0.1) is 0 Å². The van der Waals surface area contributed by atoms with Crippen molar-refractivity contribution in [3.63, 3.8) is 0 Å². The number of nitrogens with zero attached hydrogens (tertiary/aromatic N) is 1. The van der Waals surface area contributed by atoms with Crippen LogP contribution in [0.4, 0.5) is 5.82 Å². The summed E-state index contributed by atoms with van der Waals surface area (Å²) < 4.78 is 1.10. The zero-order valence-electron chi connectivity index (χ0n) is 6.05. The Bertz CT molecular complexity index is 281. The van der Waals surface area contributed by atoms with Gasteiger partial charge in [-0.2, -0.15) is 0 Å². The standard InChI is InChI=1S/C8H9BrN2/c9-7-3-8(10)11-4-6(7)5-1-2-5/h3-5H,1-2H2,(H2,10,11). The van der Waals surface area contributed by atoms with Gasteiger partial charge >= 0.3 is 0 Å². The summed E-state index contributed by atoms with van der Waals surface area (Å²) >= 11 is 3.47. The molecule has 1 aromatic rings. The van der Waals surface area contributed by atoms with Crippen molar-refractivity contribution in [2.24, 2.45) is 0 Å². The van der Waals surface area contributed by atoms with Crippen LogP contribution in [0.5, 0.6) is 0 Å². The lowest BCUT2D eigenvalue weighted by Gasteiger charge is -2.01. The zero-order valence-corrected chi connectivity index (χ0v) is 7.63. The number of nitrogens with two attached hydrogens (primary N) is 1. The van der Waals surface area contributed by atoms with Gasteiger partial charge in [-0.05, 0) is 30.4 Å². The molecule has 1 aromatic heterocycles. The van der Waals surface area contributed by atoms with Gasteiger partial charge in [-0.1, -0.05) is 15.9 Å². The third-order valence-electron chi connectivity index (χ3n) is 1.92. The van der Waals surface area contributed by atoms with Gasteiger partial charge in [-0.3, -0.25) is 0 Å². The highest BCUT2D eigenvalue weighted by atomic mass is 79.9. The third-order valence-corrected chi connectivity index (χ3v) is 2.61. The minimum atomic E-state index is 0.585. The zero-order chi connectivity index (χ0) is 7.84. The number of hydrogen-bond donors (Lipinski definition) is 1. The third kappa shape index (κ3) is 1.38. The summed E-state index contributed by atoms with van der Waals surface area (Å²) in [6, 6.07) is 1.87. The molecule has 1 saturated carbocycles. The Morgan fingerprint density at radius 3 is 2.82 bits per heavy atom. The van der Waals surface area contributed by atoms with E-state index in [-0.39, 0.29) is 0 Å². The van der Waals surface area contributed by atoms with Crippen LogP contribution >= 0.6 is 15.9 Å². The number of pyridine rings is 1. The van der Waals surface area contributed by atoms with Crippen LogP contribution in [-0.4, -0.2) is 4.98 Å². The lowest BCUT2D eigenvalue weighted by atomic mass is 10.2. The highest BCUT2D eigenvalue weighted by Crippen LogP contribution is 2.43. The van der Waals surface area contributed by atoms with Crippen molar-refractivity contribution in [3.05, 3.63) is 22.3 Å². The Balaban J connectivity index is 2.39. The monoisotopic (exact) mass is 212 g/mol. The molecule has 0 saturated heterocycles. The predicted octanol–water partition coefficient (Wildman–Crippen LogP) is 2.30. The van der Waals surface area contributed by atoms with Crippen LogP contribution < -0.4 is 5.73 Å². The molecule has 0 aromatic carbocycles. The van der Waals surface area contributed by atoms with Crippen molar-refractivity contribution in [2.45, 2.75) is 18.8 Å². The van der Waals surface area contributed by atoms with Gasteiger partial charge in [-0.25, -0.2) is 4.98 Å². The van der Waals surface area contributed by atoms with Gasteiger partial charge in [0.2, 0.25) is 0 Å². The van der Waals surface area contributed by atoms with Crippen molar-refractivity contribution in [2.75, 3.05) is 5.73 Å². The topological polar surface area (TPSA) is 38.9 Å². The molecule has 1 aliphatic carbocycles. The van der Waals surface area contributed by atoms with E-state index in [9.17, 15) is 0 Å². The summed E-state index contributed by atoms with van der Waals surface area (Å²) in [7, 11) is 0. The van der Waals surface area contributed by atoms with Gasteiger partial charge in [0.1, 0.15) is 5.82 Å². The largest absolute Gasteiger partial charge is 0.384 e. The number of hydrogen-bond acceptors (Lipinski definition) is 2. The van der Waals surface area contributed by atoms with Crippen LogP contribution in [0.25, 0.3) is 0 Å². The number of nitrogen functional groups attached to an aromatic ring is 1. The molecule has 1 fully saturated rings. The van der Waals surface area contributed by atoms with Crippen molar-refractivity contribution < 1.29 is 0 Å². The van der Waals surface area contributed by atoms with E-state index in [0.29, 0.717) is 5.82 Å². The molecule has 11 heavy (non-hydrogen) atoms. The molecule has 0 atom stereocenters. The highest BCUT2D eigenvalue weighted by Gasteiger charge is 2.25. The quantitative estimate of drug-likeness (QED) is 0.777. The first kappa shape index (κ1) is 7.10. The van der Waals surface area contributed by atoms with Crippen LogP contribution in [-0.2, 0) is 0 Å². The Hall–Kier alpha value is -0.570. The molecule has 2 nitrogen and oxygen atoms in total. The fraction of sp³-hybridized carbons (Fsp3) is 0.375. The summed E-state index contributed by atoms with van der Waals surface area (Å²) in [6.07, 6.45) is 4.46. The number of aromatic nitrogens is 1. The second-order valence-electron chi connectivity index (χ2n) is 2.90. The van der Waals surface area contributed by atoms with E-state index < -0.39 is 0 Å². The first-order valence-electron chi connectivity index (χ1n) is 3.68. The summed E-state index contributed by atoms with van der Waals surface area (Å²) in [5.41, 5.74) is 6.81. The Morgan fingerprint density at radius 2 is 2.27 bits per heavy atom. The van der Waals surface area contributed by atoms with Gasteiger partial charge < -0.3 is 5.73 Å². The summed E-state index contributed by atoms with van der Waals surface area (Å²) in [5.74, 6) is 1.32. The average Bonchev–Trinajstić information content (AvgIpc) is 2.70. The first-order valence-corrected chi connectivity index (χ1v) is 4.47. The van der Waals surface area contributed by atoms with Crippen LogP contribution in [0.1, 0.15) is 24.3 Å². The SMILES string of the molecule is Nc1cc(Br)c(C2CC2)cn1. The molecule has 2 rings (SSSR count). The van der Waals surface area contributed by atoms with Gasteiger partial charge in [0.05, 0.1) is 0 Å². The minimum absolute atomic E-state index is 0.585. The van der Waals surface area contributed by atoms with E-state index in [4.69, 9.17) is 5.73 Å². The molecular weight excluding hydrogens is 204 g/mol. The van der Waals surface area contributed by atoms with E-state index in [1.165, 1.54) is 18.4 Å². The van der Waals surface area contributed by atoms with Crippen LogP contribution in [0.3, 0.4) is 0 Å². The van der Waals surface area contributed by atoms with Crippen LogP contribution in [0.15, 0.2) is 16.7 Å². The fourth-order valence-electron chi connectivity index (χ4n) is 1.15. The lowest BCUT2D eigenvalue weighted by Crippen LogP contribution is -1.91. The molecule has 0 spiro atoms. The Morgan fingerprint density at radius 1 is 1.55 bits per heavy atom. The van der Waals surface area contributed by atoms with Crippen LogP contribution in [0.2, 0.25) is 0 Å². The predicted molar refractivity (Wildman–Crippen MR) is 48.3 cm³/mol. The van der Waals surface area contributed by atoms with E-state index >= 15 is 0 Å². The molecule has 3 heteroatoms. The van der Waals surface area contributed by atoms with Crippen molar-refractivity contribution in [1.29, 1.82) is 0 Å². The molecule has 0 bridgehead atoms. The molecule has 0 aliphatic heterocycles. The molecule has 2 N–H and O–H groups in total. The van der Waals surface area contributed by atoms with E-state index in [2.05, 4.69) is 20.9 Å².